The first-order chi connectivity index (χ1) is 5.58. The summed E-state index contributed by atoms with van der Waals surface area (Å²) in [6, 6.07) is 8.93. The van der Waals surface area contributed by atoms with Crippen LogP contribution < -0.4 is 5.14 Å². The van der Waals surface area contributed by atoms with E-state index in [9.17, 15) is 8.42 Å². The monoisotopic (exact) mass is 211 g/mol. The van der Waals surface area contributed by atoms with Gasteiger partial charge in [-0.05, 0) is 5.56 Å². The Morgan fingerprint density at radius 3 is 2.23 bits per heavy atom. The van der Waals surface area contributed by atoms with Crippen LogP contribution in [0.25, 0.3) is 0 Å². The van der Waals surface area contributed by atoms with E-state index in [1.54, 1.807) is 24.3 Å². The zero-order valence-electron chi connectivity index (χ0n) is 6.30. The van der Waals surface area contributed by atoms with Crippen molar-refractivity contribution in [2.45, 2.75) is 6.61 Å². The van der Waals surface area contributed by atoms with Crippen molar-refractivity contribution in [2.24, 2.45) is 5.14 Å². The van der Waals surface area contributed by atoms with Crippen LogP contribution in [0.4, 0.5) is 0 Å². The van der Waals surface area contributed by atoms with Crippen LogP contribution in [-0.4, -0.2) is 38.0 Å². The van der Waals surface area contributed by atoms with Gasteiger partial charge in [-0.1, -0.05) is 30.3 Å². The molecule has 0 saturated carbocycles. The topological polar surface area (TPSA) is 69.4 Å². The standard InChI is InChI=1S/C7H9NO3S.Na.H/c8-12(9,10)11-6-7-4-2-1-3-5-7;;/h1-5H,6H2,(H2,8,9,10);;. The fourth-order valence-corrected chi connectivity index (χ4v) is 1.02. The van der Waals surface area contributed by atoms with Crippen molar-refractivity contribution in [2.75, 3.05) is 0 Å². The van der Waals surface area contributed by atoms with Crippen LogP contribution in [0.1, 0.15) is 5.56 Å². The second-order valence-electron chi connectivity index (χ2n) is 2.24. The Hall–Kier alpha value is 0.0900. The van der Waals surface area contributed by atoms with E-state index in [0.717, 1.165) is 5.56 Å². The van der Waals surface area contributed by atoms with Crippen molar-refractivity contribution in [1.29, 1.82) is 0 Å². The van der Waals surface area contributed by atoms with Gasteiger partial charge < -0.3 is 0 Å². The molecule has 4 nitrogen and oxygen atoms in total. The Morgan fingerprint density at radius 2 is 1.77 bits per heavy atom. The molecule has 1 rings (SSSR count). The molecule has 1 aromatic rings. The van der Waals surface area contributed by atoms with Crippen LogP contribution in [0.5, 0.6) is 0 Å². The first-order valence-electron chi connectivity index (χ1n) is 3.29. The van der Waals surface area contributed by atoms with E-state index in [1.165, 1.54) is 0 Å². The predicted molar refractivity (Wildman–Crippen MR) is 51.5 cm³/mol. The van der Waals surface area contributed by atoms with Crippen LogP contribution in [0.2, 0.25) is 0 Å². The molecule has 0 unspecified atom stereocenters. The van der Waals surface area contributed by atoms with Gasteiger partial charge in [-0.15, -0.1) is 0 Å². The third kappa shape index (κ3) is 6.20. The number of hydrogen-bond donors (Lipinski definition) is 1. The van der Waals surface area contributed by atoms with Crippen molar-refractivity contribution in [1.82, 2.24) is 0 Å². The number of rotatable bonds is 3. The van der Waals surface area contributed by atoms with Crippen LogP contribution in [-0.2, 0) is 21.1 Å². The van der Waals surface area contributed by atoms with Crippen LogP contribution in [0.15, 0.2) is 30.3 Å². The van der Waals surface area contributed by atoms with Gasteiger partial charge in [0, 0.05) is 0 Å². The first kappa shape index (κ1) is 13.1. The maximum atomic E-state index is 10.4. The second kappa shape index (κ2) is 5.74. The summed E-state index contributed by atoms with van der Waals surface area (Å²) in [5.74, 6) is 0. The summed E-state index contributed by atoms with van der Waals surface area (Å²) in [5, 5.41) is 4.63. The minimum absolute atomic E-state index is 0. The predicted octanol–water partition coefficient (Wildman–Crippen LogP) is -0.242. The van der Waals surface area contributed by atoms with Gasteiger partial charge in [-0.25, -0.2) is 5.14 Å². The molecular weight excluding hydrogens is 201 g/mol. The fourth-order valence-electron chi connectivity index (χ4n) is 0.724. The molecule has 13 heavy (non-hydrogen) atoms. The van der Waals surface area contributed by atoms with Crippen molar-refractivity contribution < 1.29 is 12.6 Å². The van der Waals surface area contributed by atoms with E-state index in [-0.39, 0.29) is 36.2 Å². The Bertz CT molecular complexity index is 338. The second-order valence-corrected chi connectivity index (χ2v) is 3.46. The molecule has 0 radical (unpaired) electrons. The number of hydrogen-bond acceptors (Lipinski definition) is 3. The van der Waals surface area contributed by atoms with Gasteiger partial charge >= 0.3 is 39.9 Å². The van der Waals surface area contributed by atoms with Gasteiger partial charge in [0.05, 0.1) is 6.61 Å². The normalized spacial score (nSPS) is 10.5. The summed E-state index contributed by atoms with van der Waals surface area (Å²) in [7, 11) is -3.82. The van der Waals surface area contributed by atoms with E-state index in [2.05, 4.69) is 9.32 Å². The molecule has 0 aromatic heterocycles. The molecule has 0 aliphatic rings. The molecule has 0 atom stereocenters. The molecule has 0 bridgehead atoms. The quantitative estimate of drug-likeness (QED) is 0.701. The van der Waals surface area contributed by atoms with Gasteiger partial charge in [-0.2, -0.15) is 8.42 Å². The molecule has 0 spiro atoms. The van der Waals surface area contributed by atoms with Gasteiger partial charge in [-0.3, -0.25) is 4.18 Å². The van der Waals surface area contributed by atoms with Crippen molar-refractivity contribution in [3.8, 4) is 0 Å². The van der Waals surface area contributed by atoms with E-state index >= 15 is 0 Å². The average molecular weight is 211 g/mol. The van der Waals surface area contributed by atoms with E-state index in [1.807, 2.05) is 6.07 Å². The third-order valence-corrected chi connectivity index (χ3v) is 1.68. The van der Waals surface area contributed by atoms with Gasteiger partial charge in [0.2, 0.25) is 0 Å². The molecule has 68 valence electrons. The summed E-state index contributed by atoms with van der Waals surface area (Å²) >= 11 is 0. The molecular formula is C7H10NNaO3S. The van der Waals surface area contributed by atoms with Gasteiger partial charge in [0.1, 0.15) is 0 Å². The SMILES string of the molecule is NS(=O)(=O)OCc1ccccc1.[NaH]. The first-order valence-corrected chi connectivity index (χ1v) is 4.76. The zero-order chi connectivity index (χ0) is 9.03. The zero-order valence-corrected chi connectivity index (χ0v) is 7.12. The summed E-state index contributed by atoms with van der Waals surface area (Å²) in [4.78, 5) is 0. The Kier molecular flexibility index (Phi) is 5.78. The molecule has 0 aliphatic heterocycles. The van der Waals surface area contributed by atoms with Crippen LogP contribution in [0, 0.1) is 0 Å². The molecule has 0 fully saturated rings. The Morgan fingerprint density at radius 1 is 1.23 bits per heavy atom. The summed E-state index contributed by atoms with van der Waals surface area (Å²) in [6.07, 6.45) is 0. The van der Waals surface area contributed by atoms with E-state index in [4.69, 9.17) is 0 Å². The molecule has 0 aliphatic carbocycles. The van der Waals surface area contributed by atoms with Crippen molar-refractivity contribution >= 4 is 39.9 Å². The summed E-state index contributed by atoms with van der Waals surface area (Å²) in [5.41, 5.74) is 0.770. The molecule has 1 aromatic carbocycles. The summed E-state index contributed by atoms with van der Waals surface area (Å²) in [6.45, 7) is -0.0142. The Labute approximate surface area is 99.6 Å². The van der Waals surface area contributed by atoms with Crippen molar-refractivity contribution in [3.63, 3.8) is 0 Å². The number of nitrogens with two attached hydrogens (primary N) is 1. The molecule has 0 amide bonds. The minimum atomic E-state index is -3.82. The Balaban J connectivity index is 0.00000144. The molecule has 0 saturated heterocycles. The molecule has 2 N–H and O–H groups in total. The average Bonchev–Trinajstić information content (AvgIpc) is 2.02. The number of benzene rings is 1. The summed E-state index contributed by atoms with van der Waals surface area (Å²) < 4.78 is 25.1. The van der Waals surface area contributed by atoms with E-state index in [0.29, 0.717) is 0 Å². The van der Waals surface area contributed by atoms with Gasteiger partial charge in [0.25, 0.3) is 0 Å². The molecule has 6 heteroatoms. The van der Waals surface area contributed by atoms with Crippen LogP contribution in [0.3, 0.4) is 0 Å². The fraction of sp³-hybridized carbons (Fsp3) is 0.143. The molecule has 0 heterocycles. The van der Waals surface area contributed by atoms with Gasteiger partial charge in [0.15, 0.2) is 0 Å². The maximum absolute atomic E-state index is 10.4. The van der Waals surface area contributed by atoms with Crippen LogP contribution >= 0.6 is 0 Å². The van der Waals surface area contributed by atoms with Crippen molar-refractivity contribution in [3.05, 3.63) is 35.9 Å². The third-order valence-electron chi connectivity index (χ3n) is 1.23. The van der Waals surface area contributed by atoms with E-state index < -0.39 is 10.3 Å².